The number of aromatic nitrogens is 1. The second-order valence-electron chi connectivity index (χ2n) is 8.92. The molecule has 1 saturated carbocycles. The molecule has 1 N–H and O–H groups in total. The van der Waals surface area contributed by atoms with Crippen molar-refractivity contribution < 1.29 is 14.3 Å². The Bertz CT molecular complexity index is 1110. The number of benzene rings is 1. The molecule has 0 spiro atoms. The molecule has 5 nitrogen and oxygen atoms in total. The van der Waals surface area contributed by atoms with E-state index in [2.05, 4.69) is 35.2 Å². The van der Waals surface area contributed by atoms with E-state index in [-0.39, 0.29) is 5.91 Å². The Balaban J connectivity index is 1.71. The van der Waals surface area contributed by atoms with Crippen molar-refractivity contribution >= 4 is 17.2 Å². The van der Waals surface area contributed by atoms with Gasteiger partial charge in [0.05, 0.1) is 32.0 Å². The second-order valence-corrected chi connectivity index (χ2v) is 9.92. The van der Waals surface area contributed by atoms with E-state index in [9.17, 15) is 4.79 Å². The molecule has 6 heteroatoms. The predicted molar refractivity (Wildman–Crippen MR) is 135 cm³/mol. The predicted octanol–water partition coefficient (Wildman–Crippen LogP) is 6.36. The van der Waals surface area contributed by atoms with Crippen LogP contribution in [0.1, 0.15) is 58.6 Å². The van der Waals surface area contributed by atoms with Crippen molar-refractivity contribution in [2.75, 3.05) is 14.2 Å². The summed E-state index contributed by atoms with van der Waals surface area (Å²) in [5, 5.41) is 5.20. The molecular formula is C27H34N2O3S. The maximum atomic E-state index is 13.3. The van der Waals surface area contributed by atoms with Gasteiger partial charge in [0.15, 0.2) is 0 Å². The van der Waals surface area contributed by atoms with Gasteiger partial charge in [0, 0.05) is 22.7 Å². The number of methoxy groups -OCH3 is 2. The van der Waals surface area contributed by atoms with Gasteiger partial charge in [-0.15, -0.1) is 11.3 Å². The van der Waals surface area contributed by atoms with E-state index in [1.165, 1.54) is 42.5 Å². The Morgan fingerprint density at radius 2 is 1.88 bits per heavy atom. The highest BCUT2D eigenvalue weighted by Crippen LogP contribution is 2.37. The smallest absolute Gasteiger partial charge is 0.253 e. The van der Waals surface area contributed by atoms with Crippen LogP contribution in [-0.2, 0) is 13.1 Å². The first-order valence-corrected chi connectivity index (χ1v) is 12.6. The van der Waals surface area contributed by atoms with Crippen LogP contribution in [0.2, 0.25) is 0 Å². The van der Waals surface area contributed by atoms with Crippen LogP contribution in [0, 0.1) is 19.8 Å². The van der Waals surface area contributed by atoms with Gasteiger partial charge in [-0.3, -0.25) is 4.79 Å². The normalized spacial score (nSPS) is 14.3. The molecule has 4 rings (SSSR count). The van der Waals surface area contributed by atoms with Gasteiger partial charge in [0.25, 0.3) is 5.91 Å². The Kier molecular flexibility index (Phi) is 7.43. The SMILES string of the molecule is COc1ccc(OC)c(-c2cc(C(=O)NCc3sccc3C)c(C)n2CC2CCCCC2)c1. The summed E-state index contributed by atoms with van der Waals surface area (Å²) in [4.78, 5) is 14.5. The number of carbonyl (C=O) groups is 1. The van der Waals surface area contributed by atoms with E-state index in [4.69, 9.17) is 9.47 Å². The van der Waals surface area contributed by atoms with Crippen molar-refractivity contribution in [2.45, 2.75) is 59.0 Å². The van der Waals surface area contributed by atoms with Crippen LogP contribution in [0.5, 0.6) is 11.5 Å². The third-order valence-electron chi connectivity index (χ3n) is 6.84. The van der Waals surface area contributed by atoms with Crippen LogP contribution >= 0.6 is 11.3 Å². The lowest BCUT2D eigenvalue weighted by Crippen LogP contribution is -2.23. The lowest BCUT2D eigenvalue weighted by molar-refractivity contribution is 0.0950. The van der Waals surface area contributed by atoms with Crippen molar-refractivity contribution in [3.05, 3.63) is 57.4 Å². The number of hydrogen-bond donors (Lipinski definition) is 1. The number of hydrogen-bond acceptors (Lipinski definition) is 4. The number of nitrogens with one attached hydrogen (secondary N) is 1. The van der Waals surface area contributed by atoms with Gasteiger partial charge in [0.2, 0.25) is 0 Å². The molecule has 33 heavy (non-hydrogen) atoms. The third-order valence-corrected chi connectivity index (χ3v) is 7.86. The highest BCUT2D eigenvalue weighted by atomic mass is 32.1. The Morgan fingerprint density at radius 3 is 2.55 bits per heavy atom. The summed E-state index contributed by atoms with van der Waals surface area (Å²) in [6.07, 6.45) is 6.39. The fourth-order valence-corrected chi connectivity index (χ4v) is 5.66. The average Bonchev–Trinajstić information content (AvgIpc) is 3.40. The first-order valence-electron chi connectivity index (χ1n) is 11.8. The first kappa shape index (κ1) is 23.4. The fraction of sp³-hybridized carbons (Fsp3) is 0.444. The Labute approximate surface area is 200 Å². The number of amides is 1. The van der Waals surface area contributed by atoms with Gasteiger partial charge in [-0.1, -0.05) is 19.3 Å². The molecule has 1 fully saturated rings. The zero-order valence-corrected chi connectivity index (χ0v) is 20.9. The summed E-state index contributed by atoms with van der Waals surface area (Å²) in [5.41, 5.74) is 4.89. The summed E-state index contributed by atoms with van der Waals surface area (Å²) >= 11 is 1.68. The summed E-state index contributed by atoms with van der Waals surface area (Å²) in [6.45, 7) is 5.60. The van der Waals surface area contributed by atoms with Gasteiger partial charge in [0.1, 0.15) is 11.5 Å². The maximum Gasteiger partial charge on any atom is 0.253 e. The largest absolute Gasteiger partial charge is 0.497 e. The molecule has 0 atom stereocenters. The van der Waals surface area contributed by atoms with E-state index in [0.29, 0.717) is 12.5 Å². The van der Waals surface area contributed by atoms with E-state index in [0.717, 1.165) is 40.6 Å². The highest BCUT2D eigenvalue weighted by molar-refractivity contribution is 7.10. The molecule has 0 bridgehead atoms. The zero-order valence-electron chi connectivity index (χ0n) is 20.1. The molecule has 1 aromatic carbocycles. The molecule has 0 aliphatic heterocycles. The van der Waals surface area contributed by atoms with Gasteiger partial charge < -0.3 is 19.4 Å². The van der Waals surface area contributed by atoms with Crippen molar-refractivity contribution in [1.29, 1.82) is 0 Å². The van der Waals surface area contributed by atoms with Crippen LogP contribution in [0.25, 0.3) is 11.3 Å². The fourth-order valence-electron chi connectivity index (χ4n) is 4.82. The van der Waals surface area contributed by atoms with Gasteiger partial charge in [-0.05, 0) is 73.9 Å². The van der Waals surface area contributed by atoms with Crippen LogP contribution in [-0.4, -0.2) is 24.7 Å². The monoisotopic (exact) mass is 466 g/mol. The maximum absolute atomic E-state index is 13.3. The lowest BCUT2D eigenvalue weighted by atomic mass is 9.89. The topological polar surface area (TPSA) is 52.5 Å². The summed E-state index contributed by atoms with van der Waals surface area (Å²) in [7, 11) is 3.35. The molecular weight excluding hydrogens is 432 g/mol. The third kappa shape index (κ3) is 5.11. The van der Waals surface area contributed by atoms with E-state index in [1.54, 1.807) is 25.6 Å². The molecule has 2 aromatic heterocycles. The second kappa shape index (κ2) is 10.5. The van der Waals surface area contributed by atoms with Gasteiger partial charge in [-0.25, -0.2) is 0 Å². The summed E-state index contributed by atoms with van der Waals surface area (Å²) < 4.78 is 13.5. The van der Waals surface area contributed by atoms with Crippen molar-refractivity contribution in [3.8, 4) is 22.8 Å². The standard InChI is InChI=1S/C27H34N2O3S/c1-18-12-13-33-26(18)16-28-27(30)22-15-24(23-14-21(31-3)10-11-25(23)32-4)29(19(22)2)17-20-8-6-5-7-9-20/h10-15,20H,5-9,16-17H2,1-4H3,(H,28,30). The molecule has 0 radical (unpaired) electrons. The van der Waals surface area contributed by atoms with Crippen LogP contribution in [0.4, 0.5) is 0 Å². The highest BCUT2D eigenvalue weighted by Gasteiger charge is 2.24. The van der Waals surface area contributed by atoms with E-state index >= 15 is 0 Å². The number of nitrogens with zero attached hydrogens (tertiary/aromatic N) is 1. The molecule has 0 saturated heterocycles. The molecule has 2 heterocycles. The van der Waals surface area contributed by atoms with Crippen molar-refractivity contribution in [3.63, 3.8) is 0 Å². The van der Waals surface area contributed by atoms with E-state index in [1.807, 2.05) is 24.3 Å². The molecule has 0 unspecified atom stereocenters. The summed E-state index contributed by atoms with van der Waals surface area (Å²) in [6, 6.07) is 9.94. The minimum atomic E-state index is -0.0363. The van der Waals surface area contributed by atoms with E-state index < -0.39 is 0 Å². The Morgan fingerprint density at radius 1 is 1.09 bits per heavy atom. The summed E-state index contributed by atoms with van der Waals surface area (Å²) in [5.74, 6) is 2.14. The quantitative estimate of drug-likeness (QED) is 0.420. The minimum absolute atomic E-state index is 0.0363. The first-order chi connectivity index (χ1) is 16.0. The molecule has 1 aliphatic carbocycles. The number of ether oxygens (including phenoxy) is 2. The number of aryl methyl sites for hydroxylation is 1. The molecule has 1 amide bonds. The number of rotatable bonds is 8. The molecule has 1 aliphatic rings. The van der Waals surface area contributed by atoms with Gasteiger partial charge >= 0.3 is 0 Å². The van der Waals surface area contributed by atoms with Crippen LogP contribution in [0.15, 0.2) is 35.7 Å². The Hall–Kier alpha value is -2.73. The van der Waals surface area contributed by atoms with Crippen LogP contribution < -0.4 is 14.8 Å². The number of carbonyl (C=O) groups excluding carboxylic acids is 1. The zero-order chi connectivity index (χ0) is 23.4. The number of thiophene rings is 1. The van der Waals surface area contributed by atoms with Gasteiger partial charge in [-0.2, -0.15) is 0 Å². The molecule has 176 valence electrons. The molecule has 3 aromatic rings. The lowest BCUT2D eigenvalue weighted by Gasteiger charge is -2.24. The van der Waals surface area contributed by atoms with Crippen LogP contribution in [0.3, 0.4) is 0 Å². The van der Waals surface area contributed by atoms with Crippen molar-refractivity contribution in [1.82, 2.24) is 9.88 Å². The average molecular weight is 467 g/mol. The van der Waals surface area contributed by atoms with Crippen molar-refractivity contribution in [2.24, 2.45) is 5.92 Å². The minimum Gasteiger partial charge on any atom is -0.497 e.